The maximum atomic E-state index is 12.2. The van der Waals surface area contributed by atoms with E-state index in [1.54, 1.807) is 0 Å². The van der Waals surface area contributed by atoms with Gasteiger partial charge in [-0.1, -0.05) is 107 Å². The van der Waals surface area contributed by atoms with Crippen LogP contribution in [0.3, 0.4) is 0 Å². The van der Waals surface area contributed by atoms with Crippen LogP contribution in [0.4, 0.5) is 0 Å². The number of hydrogen-bond donors (Lipinski definition) is 0. The highest BCUT2D eigenvalue weighted by molar-refractivity contribution is 5.69. The zero-order valence-electron chi connectivity index (χ0n) is 23.9. The monoisotopic (exact) mass is 510 g/mol. The predicted molar refractivity (Wildman–Crippen MR) is 155 cm³/mol. The van der Waals surface area contributed by atoms with Crippen molar-refractivity contribution < 1.29 is 18.8 Å². The molecule has 0 atom stereocenters. The van der Waals surface area contributed by atoms with Gasteiger partial charge in [0.2, 0.25) is 0 Å². The number of carbonyl (C=O) groups excluding carboxylic acids is 1. The Kier molecular flexibility index (Phi) is 15.7. The van der Waals surface area contributed by atoms with Crippen molar-refractivity contribution in [3.63, 3.8) is 0 Å². The molecule has 0 aromatic heterocycles. The van der Waals surface area contributed by atoms with Gasteiger partial charge in [-0.25, -0.2) is 0 Å². The number of aryl methyl sites for hydroxylation is 1. The van der Waals surface area contributed by atoms with Crippen LogP contribution >= 0.6 is 0 Å². The smallest absolute Gasteiger partial charge is 0.305 e. The fourth-order valence-corrected chi connectivity index (χ4v) is 4.82. The molecule has 0 unspecified atom stereocenters. The van der Waals surface area contributed by atoms with E-state index in [1.165, 1.54) is 68.9 Å². The lowest BCUT2D eigenvalue weighted by Crippen LogP contribution is -2.39. The number of para-hydroxylation sites is 1. The zero-order chi connectivity index (χ0) is 26.6. The summed E-state index contributed by atoms with van der Waals surface area (Å²) >= 11 is 0. The third-order valence-corrected chi connectivity index (χ3v) is 6.97. The number of quaternary nitrogens is 1. The molecule has 2 aromatic carbocycles. The molecule has 4 heteroatoms. The number of hydrogen-bond acceptors (Lipinski definition) is 3. The van der Waals surface area contributed by atoms with Gasteiger partial charge in [0.05, 0.1) is 20.6 Å². The van der Waals surface area contributed by atoms with E-state index in [9.17, 15) is 4.79 Å². The Balaban J connectivity index is 1.53. The van der Waals surface area contributed by atoms with Gasteiger partial charge in [0.15, 0.2) is 0 Å². The number of benzene rings is 2. The first kappa shape index (κ1) is 30.9. The van der Waals surface area contributed by atoms with Crippen LogP contribution in [0.2, 0.25) is 0 Å². The molecule has 0 N–H and O–H groups in total. The first-order valence-electron chi connectivity index (χ1n) is 14.7. The van der Waals surface area contributed by atoms with E-state index >= 15 is 0 Å². The van der Waals surface area contributed by atoms with Crippen molar-refractivity contribution in [3.05, 3.63) is 65.7 Å². The van der Waals surface area contributed by atoms with Crippen molar-refractivity contribution in [1.82, 2.24) is 0 Å². The summed E-state index contributed by atoms with van der Waals surface area (Å²) < 4.78 is 12.3. The summed E-state index contributed by atoms with van der Waals surface area (Å²) in [5, 5.41) is 0. The Hall–Kier alpha value is -2.33. The predicted octanol–water partition coefficient (Wildman–Crippen LogP) is 8.13. The quantitative estimate of drug-likeness (QED) is 0.0966. The van der Waals surface area contributed by atoms with E-state index in [1.807, 2.05) is 12.1 Å². The van der Waals surface area contributed by atoms with Gasteiger partial charge >= 0.3 is 5.97 Å². The topological polar surface area (TPSA) is 35.5 Å². The normalized spacial score (nSPS) is 11.4. The highest BCUT2D eigenvalue weighted by atomic mass is 16.6. The average molecular weight is 511 g/mol. The molecule has 0 aliphatic heterocycles. The van der Waals surface area contributed by atoms with Gasteiger partial charge in [0, 0.05) is 12.0 Å². The second-order valence-electron chi connectivity index (χ2n) is 11.0. The Bertz CT molecular complexity index is 850. The van der Waals surface area contributed by atoms with Crippen molar-refractivity contribution in [1.29, 1.82) is 0 Å². The molecule has 0 saturated carbocycles. The zero-order valence-corrected chi connectivity index (χ0v) is 23.9. The van der Waals surface area contributed by atoms with Crippen LogP contribution in [-0.4, -0.2) is 44.3 Å². The molecule has 0 aliphatic rings. The van der Waals surface area contributed by atoms with Crippen molar-refractivity contribution in [2.75, 3.05) is 33.9 Å². The molecule has 0 amide bonds. The molecule has 4 nitrogen and oxygen atoms in total. The van der Waals surface area contributed by atoms with Crippen LogP contribution < -0.4 is 4.74 Å². The lowest BCUT2D eigenvalue weighted by Gasteiger charge is -2.30. The molecule has 0 bridgehead atoms. The van der Waals surface area contributed by atoms with Crippen molar-refractivity contribution in [2.24, 2.45) is 0 Å². The van der Waals surface area contributed by atoms with E-state index in [0.29, 0.717) is 19.6 Å². The van der Waals surface area contributed by atoms with Crippen molar-refractivity contribution >= 4 is 5.97 Å². The Morgan fingerprint density at radius 3 is 2.11 bits per heavy atom. The van der Waals surface area contributed by atoms with Gasteiger partial charge in [-0.2, -0.15) is 0 Å². The molecule has 0 saturated heterocycles. The summed E-state index contributed by atoms with van der Waals surface area (Å²) in [4.78, 5) is 12.2. The summed E-state index contributed by atoms with van der Waals surface area (Å²) in [6, 6.07) is 18.9. The molecule has 0 radical (unpaired) electrons. The lowest BCUT2D eigenvalue weighted by atomic mass is 10.0. The summed E-state index contributed by atoms with van der Waals surface area (Å²) in [5.41, 5.74) is 2.61. The van der Waals surface area contributed by atoms with E-state index < -0.39 is 0 Å². The molecule has 2 rings (SSSR count). The minimum atomic E-state index is -0.125. The van der Waals surface area contributed by atoms with Crippen LogP contribution in [0.15, 0.2) is 54.6 Å². The summed E-state index contributed by atoms with van der Waals surface area (Å²) in [6.07, 6.45) is 15.4. The van der Waals surface area contributed by atoms with Crippen LogP contribution in [-0.2, 0) is 22.5 Å². The highest BCUT2D eigenvalue weighted by Crippen LogP contribution is 2.21. The van der Waals surface area contributed by atoms with Crippen LogP contribution in [0.1, 0.15) is 95.1 Å². The van der Waals surface area contributed by atoms with Gasteiger partial charge in [0.1, 0.15) is 25.5 Å². The summed E-state index contributed by atoms with van der Waals surface area (Å²) in [6.45, 7) is 5.03. The van der Waals surface area contributed by atoms with Crippen LogP contribution in [0.25, 0.3) is 0 Å². The maximum Gasteiger partial charge on any atom is 0.305 e. The van der Waals surface area contributed by atoms with Gasteiger partial charge in [-0.3, -0.25) is 4.79 Å². The fourth-order valence-electron chi connectivity index (χ4n) is 4.82. The molecular weight excluding hydrogens is 458 g/mol. The van der Waals surface area contributed by atoms with Crippen molar-refractivity contribution in [2.45, 2.75) is 96.9 Å². The number of nitrogens with zero attached hydrogens (tertiary/aromatic N) is 1. The standard InChI is InChI=1S/C33H52NO3/c1-4-5-6-7-8-9-10-11-15-22-31-23-16-17-24-32(31)36-27-28-37-33(35)25-18-19-26-34(2,3)29-30-20-13-12-14-21-30/h12-14,16-17,20-21,23-24H,4-11,15,18-19,22,25-29H2,1-3H3/q+1. The number of carbonyl (C=O) groups is 1. The molecule has 0 fully saturated rings. The average Bonchev–Trinajstić information content (AvgIpc) is 2.89. The SMILES string of the molecule is CCCCCCCCCCCc1ccccc1OCCOC(=O)CCCC[N+](C)(C)Cc1ccccc1. The minimum absolute atomic E-state index is 0.125. The first-order chi connectivity index (χ1) is 18.0. The highest BCUT2D eigenvalue weighted by Gasteiger charge is 2.15. The number of rotatable bonds is 21. The maximum absolute atomic E-state index is 12.2. The first-order valence-corrected chi connectivity index (χ1v) is 14.7. The molecule has 0 heterocycles. The lowest BCUT2D eigenvalue weighted by molar-refractivity contribution is -0.903. The molecule has 0 spiro atoms. The molecule has 2 aromatic rings. The molecular formula is C33H52NO3+. The van der Waals surface area contributed by atoms with Crippen molar-refractivity contribution in [3.8, 4) is 5.75 Å². The van der Waals surface area contributed by atoms with Gasteiger partial charge in [-0.15, -0.1) is 0 Å². The van der Waals surface area contributed by atoms with Crippen LogP contribution in [0.5, 0.6) is 5.75 Å². The van der Waals surface area contributed by atoms with Gasteiger partial charge in [-0.05, 0) is 37.3 Å². The second kappa shape index (κ2) is 18.8. The summed E-state index contributed by atoms with van der Waals surface area (Å²) in [5.74, 6) is 0.802. The molecule has 0 aliphatic carbocycles. The number of ether oxygens (including phenoxy) is 2. The molecule has 37 heavy (non-hydrogen) atoms. The second-order valence-corrected chi connectivity index (χ2v) is 11.0. The fraction of sp³-hybridized carbons (Fsp3) is 0.606. The Labute approximate surface area is 227 Å². The third kappa shape index (κ3) is 14.9. The molecule has 206 valence electrons. The summed E-state index contributed by atoms with van der Waals surface area (Å²) in [7, 11) is 4.49. The van der Waals surface area contributed by atoms with E-state index in [0.717, 1.165) is 42.6 Å². The van der Waals surface area contributed by atoms with Gasteiger partial charge in [0.25, 0.3) is 0 Å². The number of esters is 1. The van der Waals surface area contributed by atoms with Gasteiger partial charge < -0.3 is 14.0 Å². The minimum Gasteiger partial charge on any atom is -0.490 e. The third-order valence-electron chi connectivity index (χ3n) is 6.97. The van der Waals surface area contributed by atoms with E-state index in [4.69, 9.17) is 9.47 Å². The Morgan fingerprint density at radius 1 is 0.730 bits per heavy atom. The number of unbranched alkanes of at least 4 members (excludes halogenated alkanes) is 9. The van der Waals surface area contributed by atoms with Crippen LogP contribution in [0, 0.1) is 0 Å². The largest absolute Gasteiger partial charge is 0.490 e. The van der Waals surface area contributed by atoms with E-state index in [2.05, 4.69) is 63.5 Å². The van der Waals surface area contributed by atoms with E-state index in [-0.39, 0.29) is 5.97 Å². The Morgan fingerprint density at radius 2 is 1.38 bits per heavy atom.